The molecule has 0 bridgehead atoms. The Kier molecular flexibility index (Phi) is 3.23. The quantitative estimate of drug-likeness (QED) is 0.924. The van der Waals surface area contributed by atoms with Gasteiger partial charge in [-0.05, 0) is 13.0 Å². The molecule has 4 nitrogen and oxygen atoms in total. The SMILES string of the molecule is Cc1nc(C(=O)N2C[C@H]3CN[C@H]3C2)c(-c2ccccc2F)s1. The number of rotatable bonds is 2. The summed E-state index contributed by atoms with van der Waals surface area (Å²) in [4.78, 5) is 19.7. The number of hydrogen-bond donors (Lipinski definition) is 1. The van der Waals surface area contributed by atoms with Gasteiger partial charge in [0.25, 0.3) is 5.91 Å². The van der Waals surface area contributed by atoms with E-state index >= 15 is 0 Å². The van der Waals surface area contributed by atoms with Crippen LogP contribution in [0.3, 0.4) is 0 Å². The van der Waals surface area contributed by atoms with Crippen molar-refractivity contribution in [3.05, 3.63) is 40.8 Å². The number of benzene rings is 1. The minimum absolute atomic E-state index is 0.0844. The van der Waals surface area contributed by atoms with E-state index < -0.39 is 0 Å². The zero-order valence-electron chi connectivity index (χ0n) is 12.2. The third-order valence-corrected chi connectivity index (χ3v) is 5.43. The van der Waals surface area contributed by atoms with Crippen molar-refractivity contribution in [3.63, 3.8) is 0 Å². The smallest absolute Gasteiger partial charge is 0.274 e. The van der Waals surface area contributed by atoms with E-state index in [2.05, 4.69) is 10.3 Å². The molecule has 2 aliphatic heterocycles. The number of aromatic nitrogens is 1. The van der Waals surface area contributed by atoms with Gasteiger partial charge in [0.2, 0.25) is 0 Å². The van der Waals surface area contributed by atoms with Crippen LogP contribution >= 0.6 is 11.3 Å². The molecule has 2 saturated heterocycles. The average Bonchev–Trinajstić information content (AvgIpc) is 3.00. The number of hydrogen-bond acceptors (Lipinski definition) is 4. The summed E-state index contributed by atoms with van der Waals surface area (Å²) < 4.78 is 14.1. The van der Waals surface area contributed by atoms with E-state index in [0.717, 1.165) is 24.6 Å². The molecule has 1 aromatic carbocycles. The fraction of sp³-hybridized carbons (Fsp3) is 0.375. The zero-order valence-corrected chi connectivity index (χ0v) is 13.0. The van der Waals surface area contributed by atoms with Crippen molar-refractivity contribution in [3.8, 4) is 10.4 Å². The van der Waals surface area contributed by atoms with Gasteiger partial charge in [-0.3, -0.25) is 4.79 Å². The van der Waals surface area contributed by atoms with Crippen molar-refractivity contribution in [1.82, 2.24) is 15.2 Å². The second-order valence-electron chi connectivity index (χ2n) is 5.88. The Morgan fingerprint density at radius 3 is 2.86 bits per heavy atom. The molecule has 6 heteroatoms. The van der Waals surface area contributed by atoms with Crippen LogP contribution in [-0.2, 0) is 0 Å². The lowest BCUT2D eigenvalue weighted by Gasteiger charge is -2.29. The summed E-state index contributed by atoms with van der Waals surface area (Å²) in [5, 5.41) is 4.11. The fourth-order valence-electron chi connectivity index (χ4n) is 3.17. The number of carbonyl (C=O) groups excluding carboxylic acids is 1. The summed E-state index contributed by atoms with van der Waals surface area (Å²) in [6.45, 7) is 4.31. The van der Waals surface area contributed by atoms with Crippen molar-refractivity contribution >= 4 is 17.2 Å². The average molecular weight is 317 g/mol. The van der Waals surface area contributed by atoms with Gasteiger partial charge in [-0.15, -0.1) is 11.3 Å². The second-order valence-corrected chi connectivity index (χ2v) is 7.08. The number of nitrogens with one attached hydrogen (secondary N) is 1. The number of fused-ring (bicyclic) bond motifs is 1. The number of nitrogens with zero attached hydrogens (tertiary/aromatic N) is 2. The van der Waals surface area contributed by atoms with E-state index in [4.69, 9.17) is 0 Å². The molecule has 0 aliphatic carbocycles. The molecule has 0 radical (unpaired) electrons. The van der Waals surface area contributed by atoms with Crippen LogP contribution < -0.4 is 5.32 Å². The van der Waals surface area contributed by atoms with Gasteiger partial charge in [-0.25, -0.2) is 9.37 Å². The number of aryl methyl sites for hydroxylation is 1. The lowest BCUT2D eigenvalue weighted by atomic mass is 9.96. The summed E-state index contributed by atoms with van der Waals surface area (Å²) in [5.74, 6) is 0.155. The summed E-state index contributed by atoms with van der Waals surface area (Å²) in [7, 11) is 0. The molecule has 2 fully saturated rings. The molecular weight excluding hydrogens is 301 g/mol. The molecule has 1 N–H and O–H groups in total. The largest absolute Gasteiger partial charge is 0.335 e. The van der Waals surface area contributed by atoms with Crippen molar-refractivity contribution in [2.75, 3.05) is 19.6 Å². The number of thiazole rings is 1. The van der Waals surface area contributed by atoms with Gasteiger partial charge >= 0.3 is 0 Å². The van der Waals surface area contributed by atoms with Crippen molar-refractivity contribution in [2.45, 2.75) is 13.0 Å². The normalized spacial score (nSPS) is 23.3. The molecule has 1 aromatic heterocycles. The molecule has 114 valence electrons. The predicted octanol–water partition coefficient (Wildman–Crippen LogP) is 2.30. The van der Waals surface area contributed by atoms with Crippen LogP contribution in [0.4, 0.5) is 4.39 Å². The molecule has 1 amide bonds. The lowest BCUT2D eigenvalue weighted by molar-refractivity contribution is 0.0785. The van der Waals surface area contributed by atoms with Crippen LogP contribution in [0.2, 0.25) is 0 Å². The van der Waals surface area contributed by atoms with Crippen LogP contribution in [0.1, 0.15) is 15.5 Å². The number of carbonyl (C=O) groups is 1. The number of halogens is 1. The maximum Gasteiger partial charge on any atom is 0.274 e. The van der Waals surface area contributed by atoms with Gasteiger partial charge in [0.05, 0.1) is 9.88 Å². The topological polar surface area (TPSA) is 45.2 Å². The predicted molar refractivity (Wildman–Crippen MR) is 83.4 cm³/mol. The Bertz CT molecular complexity index is 733. The van der Waals surface area contributed by atoms with Crippen LogP contribution in [-0.4, -0.2) is 41.5 Å². The van der Waals surface area contributed by atoms with E-state index in [1.165, 1.54) is 17.4 Å². The van der Waals surface area contributed by atoms with Crippen LogP contribution in [0.5, 0.6) is 0 Å². The van der Waals surface area contributed by atoms with Gasteiger partial charge in [0.1, 0.15) is 11.5 Å². The fourth-order valence-corrected chi connectivity index (χ4v) is 4.10. The highest BCUT2D eigenvalue weighted by Crippen LogP contribution is 2.34. The molecule has 4 rings (SSSR count). The van der Waals surface area contributed by atoms with E-state index in [9.17, 15) is 9.18 Å². The van der Waals surface area contributed by atoms with Gasteiger partial charge in [-0.2, -0.15) is 0 Å². The first-order valence-corrected chi connectivity index (χ1v) is 8.20. The molecule has 0 saturated carbocycles. The van der Waals surface area contributed by atoms with Crippen molar-refractivity contribution < 1.29 is 9.18 Å². The maximum atomic E-state index is 14.1. The highest BCUT2D eigenvalue weighted by molar-refractivity contribution is 7.15. The van der Waals surface area contributed by atoms with Crippen molar-refractivity contribution in [2.24, 2.45) is 5.92 Å². The van der Waals surface area contributed by atoms with Crippen LogP contribution in [0, 0.1) is 18.7 Å². The minimum atomic E-state index is -0.316. The Hall–Kier alpha value is -1.79. The Balaban J connectivity index is 1.70. The Morgan fingerprint density at radius 2 is 2.23 bits per heavy atom. The van der Waals surface area contributed by atoms with E-state index in [0.29, 0.717) is 28.1 Å². The highest BCUT2D eigenvalue weighted by atomic mass is 32.1. The van der Waals surface area contributed by atoms with Gasteiger partial charge in [0, 0.05) is 37.2 Å². The molecule has 2 aromatic rings. The van der Waals surface area contributed by atoms with Crippen LogP contribution in [0.25, 0.3) is 10.4 Å². The molecular formula is C16H16FN3OS. The Morgan fingerprint density at radius 1 is 1.41 bits per heavy atom. The van der Waals surface area contributed by atoms with E-state index in [1.807, 2.05) is 11.8 Å². The molecule has 2 aliphatic rings. The molecule has 0 spiro atoms. The van der Waals surface area contributed by atoms with Gasteiger partial charge in [-0.1, -0.05) is 18.2 Å². The third-order valence-electron chi connectivity index (χ3n) is 4.43. The maximum absolute atomic E-state index is 14.1. The first-order chi connectivity index (χ1) is 10.6. The first-order valence-electron chi connectivity index (χ1n) is 7.38. The molecule has 22 heavy (non-hydrogen) atoms. The Labute approximate surface area is 132 Å². The number of likely N-dealkylation sites (tertiary alicyclic amines) is 1. The summed E-state index contributed by atoms with van der Waals surface area (Å²) in [6.07, 6.45) is 0. The van der Waals surface area contributed by atoms with E-state index in [-0.39, 0.29) is 11.7 Å². The first kappa shape index (κ1) is 13.8. The monoisotopic (exact) mass is 317 g/mol. The molecule has 0 unspecified atom stereocenters. The van der Waals surface area contributed by atoms with Crippen LogP contribution in [0.15, 0.2) is 24.3 Å². The summed E-state index contributed by atoms with van der Waals surface area (Å²) >= 11 is 1.37. The minimum Gasteiger partial charge on any atom is -0.335 e. The van der Waals surface area contributed by atoms with E-state index in [1.54, 1.807) is 18.2 Å². The van der Waals surface area contributed by atoms with Gasteiger partial charge < -0.3 is 10.2 Å². The zero-order chi connectivity index (χ0) is 15.3. The lowest BCUT2D eigenvalue weighted by Crippen LogP contribution is -2.51. The molecule has 2 atom stereocenters. The summed E-state index contributed by atoms with van der Waals surface area (Å²) in [5.41, 5.74) is 0.839. The van der Waals surface area contributed by atoms with Crippen molar-refractivity contribution in [1.29, 1.82) is 0 Å². The molecule has 3 heterocycles. The second kappa shape index (κ2) is 5.14. The van der Waals surface area contributed by atoms with Gasteiger partial charge in [0.15, 0.2) is 0 Å². The highest BCUT2D eigenvalue weighted by Gasteiger charge is 2.41. The number of amides is 1. The summed E-state index contributed by atoms with van der Waals surface area (Å²) in [6, 6.07) is 6.97. The standard InChI is InChI=1S/C16H16FN3OS/c1-9-19-14(15(22-9)11-4-2-3-5-12(11)17)16(21)20-7-10-6-18-13(10)8-20/h2-5,10,13,18H,6-8H2,1H3/t10-,13+/m1/s1. The third kappa shape index (κ3) is 2.14.